The molecule has 2 aliphatic rings. The SMILES string of the molecule is Cn1cnc(C(=O)N2CCC(c3nc(CCOCC4CC4)no3)C2)c1. The zero-order valence-electron chi connectivity index (χ0n) is 14.4. The number of nitrogens with zero attached hydrogens (tertiary/aromatic N) is 5. The van der Waals surface area contributed by atoms with E-state index in [0.717, 1.165) is 18.9 Å². The number of rotatable bonds is 7. The van der Waals surface area contributed by atoms with Crippen molar-refractivity contribution in [3.63, 3.8) is 0 Å². The van der Waals surface area contributed by atoms with Crippen LogP contribution in [0.15, 0.2) is 17.0 Å². The standard InChI is InChI=1S/C17H23N5O3/c1-21-9-14(18-11-21)17(23)22-6-4-13(8-22)16-19-15(20-25-16)5-7-24-10-12-2-3-12/h9,11-13H,2-8,10H2,1H3. The molecule has 1 atom stereocenters. The molecule has 1 unspecified atom stereocenters. The van der Waals surface area contributed by atoms with E-state index < -0.39 is 0 Å². The molecule has 0 radical (unpaired) electrons. The average Bonchev–Trinajstić information content (AvgIpc) is 3.03. The molecule has 1 saturated carbocycles. The lowest BCUT2D eigenvalue weighted by Crippen LogP contribution is -2.28. The van der Waals surface area contributed by atoms with Crippen LogP contribution in [0, 0.1) is 5.92 Å². The normalized spacial score (nSPS) is 20.4. The van der Waals surface area contributed by atoms with Crippen LogP contribution in [0.3, 0.4) is 0 Å². The molecule has 0 bridgehead atoms. The second kappa shape index (κ2) is 6.95. The quantitative estimate of drug-likeness (QED) is 0.705. The maximum absolute atomic E-state index is 12.4. The summed E-state index contributed by atoms with van der Waals surface area (Å²) >= 11 is 0. The lowest BCUT2D eigenvalue weighted by atomic mass is 10.1. The van der Waals surface area contributed by atoms with Crippen LogP contribution in [0.1, 0.15) is 47.4 Å². The molecule has 0 N–H and O–H groups in total. The third-order valence-corrected chi connectivity index (χ3v) is 4.75. The number of carbonyl (C=O) groups is 1. The summed E-state index contributed by atoms with van der Waals surface area (Å²) in [7, 11) is 1.85. The molecule has 4 rings (SSSR count). The number of hydrogen-bond acceptors (Lipinski definition) is 6. The molecule has 8 heteroatoms. The molecule has 0 aromatic carbocycles. The van der Waals surface area contributed by atoms with E-state index in [1.165, 1.54) is 12.8 Å². The van der Waals surface area contributed by atoms with Crippen molar-refractivity contribution in [1.82, 2.24) is 24.6 Å². The Kier molecular flexibility index (Phi) is 4.52. The van der Waals surface area contributed by atoms with Crippen molar-refractivity contribution in [2.75, 3.05) is 26.3 Å². The van der Waals surface area contributed by atoms with Gasteiger partial charge >= 0.3 is 0 Å². The Morgan fingerprint density at radius 2 is 2.28 bits per heavy atom. The first-order chi connectivity index (χ1) is 12.2. The average molecular weight is 345 g/mol. The van der Waals surface area contributed by atoms with Gasteiger partial charge in [0.1, 0.15) is 5.69 Å². The molecular formula is C17H23N5O3. The molecule has 1 saturated heterocycles. The van der Waals surface area contributed by atoms with Crippen molar-refractivity contribution in [3.8, 4) is 0 Å². The first-order valence-electron chi connectivity index (χ1n) is 8.86. The fourth-order valence-electron chi connectivity index (χ4n) is 3.06. The summed E-state index contributed by atoms with van der Waals surface area (Å²) in [5.41, 5.74) is 0.474. The second-order valence-electron chi connectivity index (χ2n) is 6.98. The molecular weight excluding hydrogens is 322 g/mol. The fourth-order valence-corrected chi connectivity index (χ4v) is 3.06. The highest BCUT2D eigenvalue weighted by molar-refractivity contribution is 5.92. The Hall–Kier alpha value is -2.22. The summed E-state index contributed by atoms with van der Waals surface area (Å²) in [6, 6.07) is 0. The third-order valence-electron chi connectivity index (χ3n) is 4.75. The van der Waals surface area contributed by atoms with E-state index >= 15 is 0 Å². The van der Waals surface area contributed by atoms with E-state index in [9.17, 15) is 4.79 Å². The number of carbonyl (C=O) groups excluding carboxylic acids is 1. The van der Waals surface area contributed by atoms with Gasteiger partial charge in [0.2, 0.25) is 5.89 Å². The summed E-state index contributed by atoms with van der Waals surface area (Å²) in [4.78, 5) is 22.9. The van der Waals surface area contributed by atoms with Crippen molar-refractivity contribution in [2.24, 2.45) is 13.0 Å². The molecule has 8 nitrogen and oxygen atoms in total. The lowest BCUT2D eigenvalue weighted by Gasteiger charge is -2.13. The maximum Gasteiger partial charge on any atom is 0.274 e. The van der Waals surface area contributed by atoms with Crippen LogP contribution in [-0.2, 0) is 18.2 Å². The lowest BCUT2D eigenvalue weighted by molar-refractivity contribution is 0.0784. The van der Waals surface area contributed by atoms with E-state index in [-0.39, 0.29) is 11.8 Å². The van der Waals surface area contributed by atoms with E-state index in [1.807, 2.05) is 7.05 Å². The molecule has 25 heavy (non-hydrogen) atoms. The summed E-state index contributed by atoms with van der Waals surface area (Å²) in [5, 5.41) is 4.04. The van der Waals surface area contributed by atoms with Crippen LogP contribution in [-0.4, -0.2) is 56.8 Å². The Labute approximate surface area is 146 Å². The van der Waals surface area contributed by atoms with Gasteiger partial charge in [-0.15, -0.1) is 0 Å². The largest absolute Gasteiger partial charge is 0.381 e. The highest BCUT2D eigenvalue weighted by atomic mass is 16.5. The first-order valence-corrected chi connectivity index (χ1v) is 8.86. The summed E-state index contributed by atoms with van der Waals surface area (Å²) in [5.74, 6) is 2.12. The van der Waals surface area contributed by atoms with Crippen molar-refractivity contribution >= 4 is 5.91 Å². The first kappa shape index (κ1) is 16.3. The number of hydrogen-bond donors (Lipinski definition) is 0. The van der Waals surface area contributed by atoms with E-state index in [0.29, 0.717) is 43.5 Å². The van der Waals surface area contributed by atoms with Crippen LogP contribution in [0.4, 0.5) is 0 Å². The number of aromatic nitrogens is 4. The molecule has 1 aliphatic carbocycles. The molecule has 1 aliphatic heterocycles. The minimum Gasteiger partial charge on any atom is -0.381 e. The van der Waals surface area contributed by atoms with Crippen LogP contribution in [0.25, 0.3) is 0 Å². The summed E-state index contributed by atoms with van der Waals surface area (Å²) in [6.45, 7) is 2.75. The highest BCUT2D eigenvalue weighted by Gasteiger charge is 2.32. The van der Waals surface area contributed by atoms with Crippen LogP contribution < -0.4 is 0 Å². The molecule has 0 spiro atoms. The minimum atomic E-state index is -0.0451. The fraction of sp³-hybridized carbons (Fsp3) is 0.647. The Balaban J connectivity index is 1.28. The molecule has 1 amide bonds. The number of aryl methyl sites for hydroxylation is 1. The van der Waals surface area contributed by atoms with Gasteiger partial charge in [-0.3, -0.25) is 4.79 Å². The predicted molar refractivity (Wildman–Crippen MR) is 88.0 cm³/mol. The van der Waals surface area contributed by atoms with Gasteiger partial charge in [0.25, 0.3) is 5.91 Å². The maximum atomic E-state index is 12.4. The van der Waals surface area contributed by atoms with Crippen molar-refractivity contribution in [3.05, 3.63) is 29.9 Å². The van der Waals surface area contributed by atoms with Crippen LogP contribution in [0.2, 0.25) is 0 Å². The number of likely N-dealkylation sites (tertiary alicyclic amines) is 1. The predicted octanol–water partition coefficient (Wildman–Crippen LogP) is 1.40. The third kappa shape index (κ3) is 3.89. The monoisotopic (exact) mass is 345 g/mol. The van der Waals surface area contributed by atoms with Crippen molar-refractivity contribution < 1.29 is 14.1 Å². The van der Waals surface area contributed by atoms with Crippen molar-refractivity contribution in [1.29, 1.82) is 0 Å². The molecule has 3 heterocycles. The van der Waals surface area contributed by atoms with Gasteiger partial charge in [-0.05, 0) is 25.2 Å². The van der Waals surface area contributed by atoms with Crippen molar-refractivity contribution in [2.45, 2.75) is 31.6 Å². The highest BCUT2D eigenvalue weighted by Crippen LogP contribution is 2.29. The van der Waals surface area contributed by atoms with Gasteiger partial charge < -0.3 is 18.7 Å². The zero-order valence-corrected chi connectivity index (χ0v) is 14.4. The molecule has 2 aromatic rings. The number of imidazole rings is 1. The molecule has 2 aromatic heterocycles. The van der Waals surface area contributed by atoms with Crippen LogP contribution >= 0.6 is 0 Å². The topological polar surface area (TPSA) is 86.3 Å². The van der Waals surface area contributed by atoms with Gasteiger partial charge in [-0.25, -0.2) is 4.98 Å². The van der Waals surface area contributed by atoms with Gasteiger partial charge in [0, 0.05) is 39.4 Å². The molecule has 134 valence electrons. The molecule has 2 fully saturated rings. The Morgan fingerprint density at radius 3 is 3.04 bits per heavy atom. The van der Waals surface area contributed by atoms with Crippen LogP contribution in [0.5, 0.6) is 0 Å². The van der Waals surface area contributed by atoms with E-state index in [2.05, 4.69) is 15.1 Å². The van der Waals surface area contributed by atoms with Gasteiger partial charge in [-0.2, -0.15) is 4.98 Å². The smallest absolute Gasteiger partial charge is 0.274 e. The van der Waals surface area contributed by atoms with Gasteiger partial charge in [-0.1, -0.05) is 5.16 Å². The number of ether oxygens (including phenoxy) is 1. The zero-order chi connectivity index (χ0) is 17.2. The van der Waals surface area contributed by atoms with E-state index in [4.69, 9.17) is 9.26 Å². The van der Waals surface area contributed by atoms with Gasteiger partial charge in [0.15, 0.2) is 5.82 Å². The summed E-state index contributed by atoms with van der Waals surface area (Å²) < 4.78 is 12.8. The Bertz CT molecular complexity index is 736. The second-order valence-corrected chi connectivity index (χ2v) is 6.98. The van der Waals surface area contributed by atoms with Gasteiger partial charge in [0.05, 0.1) is 18.9 Å². The summed E-state index contributed by atoms with van der Waals surface area (Å²) in [6.07, 6.45) is 7.46. The number of amides is 1. The minimum absolute atomic E-state index is 0.0451. The van der Waals surface area contributed by atoms with E-state index in [1.54, 1.807) is 22.0 Å². The Morgan fingerprint density at radius 1 is 1.40 bits per heavy atom.